The van der Waals surface area contributed by atoms with Gasteiger partial charge in [-0.2, -0.15) is 4.31 Å². The van der Waals surface area contributed by atoms with Gasteiger partial charge in [0.25, 0.3) is 0 Å². The Labute approximate surface area is 210 Å². The van der Waals surface area contributed by atoms with Gasteiger partial charge in [0.15, 0.2) is 0 Å². The van der Waals surface area contributed by atoms with Crippen LogP contribution >= 0.6 is 0 Å². The molecule has 1 aliphatic carbocycles. The smallest absolute Gasteiger partial charge is 0.243 e. The van der Waals surface area contributed by atoms with Gasteiger partial charge in [-0.25, -0.2) is 8.42 Å². The molecule has 0 atom stereocenters. The van der Waals surface area contributed by atoms with E-state index in [2.05, 4.69) is 10.2 Å². The second-order valence-electron chi connectivity index (χ2n) is 10.7. The summed E-state index contributed by atoms with van der Waals surface area (Å²) in [4.78, 5) is 16.1. The Balaban J connectivity index is 1.19. The predicted molar refractivity (Wildman–Crippen MR) is 140 cm³/mol. The van der Waals surface area contributed by atoms with E-state index in [4.69, 9.17) is 0 Å². The van der Waals surface area contributed by atoms with Crippen molar-refractivity contribution < 1.29 is 13.2 Å². The fourth-order valence-corrected chi connectivity index (χ4v) is 7.92. The normalized spacial score (nSPS) is 22.7. The summed E-state index contributed by atoms with van der Waals surface area (Å²) in [6.07, 6.45) is 11.2. The van der Waals surface area contributed by atoms with E-state index in [-0.39, 0.29) is 17.4 Å². The molecule has 1 amide bonds. The lowest BCUT2D eigenvalue weighted by molar-refractivity contribution is -0.127. The molecule has 1 saturated carbocycles. The van der Waals surface area contributed by atoms with Crippen molar-refractivity contribution in [3.63, 3.8) is 0 Å². The van der Waals surface area contributed by atoms with Crippen molar-refractivity contribution in [2.45, 2.75) is 74.6 Å². The molecule has 7 heteroatoms. The zero-order chi connectivity index (χ0) is 24.3. The van der Waals surface area contributed by atoms with Crippen LogP contribution < -0.4 is 5.32 Å². The second kappa shape index (κ2) is 10.6. The molecule has 2 heterocycles. The standard InChI is InChI=1S/C28H39N3O3S/c32-27(29-22-28(15-5-1-6-16-28)30-17-7-2-8-18-30)24-13-19-31(20-14-24)35(33,34)26-12-11-23-9-3-4-10-25(23)21-26/h3-4,9-12,21,24H,1-2,5-8,13-20,22H2,(H,29,32). The van der Waals surface area contributed by atoms with Crippen LogP contribution in [0.1, 0.15) is 64.2 Å². The van der Waals surface area contributed by atoms with Gasteiger partial charge in [0.05, 0.1) is 4.90 Å². The van der Waals surface area contributed by atoms with Gasteiger partial charge in [0.1, 0.15) is 0 Å². The summed E-state index contributed by atoms with van der Waals surface area (Å²) >= 11 is 0. The quantitative estimate of drug-likeness (QED) is 0.636. The molecule has 2 saturated heterocycles. The first-order valence-corrected chi connectivity index (χ1v) is 14.9. The highest BCUT2D eigenvalue weighted by atomic mass is 32.2. The minimum Gasteiger partial charge on any atom is -0.354 e. The molecule has 3 fully saturated rings. The topological polar surface area (TPSA) is 69.7 Å². The third kappa shape index (κ3) is 5.27. The van der Waals surface area contributed by atoms with Crippen LogP contribution in [0.5, 0.6) is 0 Å². The first-order chi connectivity index (χ1) is 17.0. The fourth-order valence-electron chi connectivity index (χ4n) is 6.41. The summed E-state index contributed by atoms with van der Waals surface area (Å²) in [6.45, 7) is 3.83. The van der Waals surface area contributed by atoms with E-state index < -0.39 is 10.0 Å². The molecule has 0 unspecified atom stereocenters. The Hall–Kier alpha value is -1.96. The Morgan fingerprint density at radius 2 is 1.51 bits per heavy atom. The molecule has 3 aliphatic rings. The Morgan fingerprint density at radius 1 is 0.857 bits per heavy atom. The number of amides is 1. The van der Waals surface area contributed by atoms with Gasteiger partial charge < -0.3 is 5.32 Å². The SMILES string of the molecule is O=C(NCC1(N2CCCCC2)CCCCC1)C1CCN(S(=O)(=O)c2ccc3ccccc3c2)CC1. The minimum absolute atomic E-state index is 0.106. The molecule has 190 valence electrons. The maximum atomic E-state index is 13.3. The minimum atomic E-state index is -3.56. The lowest BCUT2D eigenvalue weighted by atomic mass is 9.79. The molecule has 1 N–H and O–H groups in total. The van der Waals surface area contributed by atoms with Crippen molar-refractivity contribution >= 4 is 26.7 Å². The number of likely N-dealkylation sites (tertiary alicyclic amines) is 1. The summed E-state index contributed by atoms with van der Waals surface area (Å²) in [6, 6.07) is 13.1. The Morgan fingerprint density at radius 3 is 2.23 bits per heavy atom. The number of benzene rings is 2. The number of sulfonamides is 1. The fraction of sp³-hybridized carbons (Fsp3) is 0.607. The van der Waals surface area contributed by atoms with Crippen molar-refractivity contribution in [3.8, 4) is 0 Å². The van der Waals surface area contributed by atoms with Crippen LogP contribution in [0, 0.1) is 5.92 Å². The van der Waals surface area contributed by atoms with Crippen molar-refractivity contribution in [3.05, 3.63) is 42.5 Å². The number of hydrogen-bond acceptors (Lipinski definition) is 4. The number of nitrogens with one attached hydrogen (secondary N) is 1. The molecular weight excluding hydrogens is 458 g/mol. The second-order valence-corrected chi connectivity index (χ2v) is 12.7. The summed E-state index contributed by atoms with van der Waals surface area (Å²) in [5.74, 6) is -0.00485. The molecule has 2 aliphatic heterocycles. The molecule has 0 spiro atoms. The number of nitrogens with zero attached hydrogens (tertiary/aromatic N) is 2. The number of fused-ring (bicyclic) bond motifs is 1. The van der Waals surface area contributed by atoms with Gasteiger partial charge in [-0.3, -0.25) is 9.69 Å². The van der Waals surface area contributed by atoms with Crippen LogP contribution in [0.15, 0.2) is 47.4 Å². The van der Waals surface area contributed by atoms with E-state index in [0.29, 0.717) is 30.8 Å². The van der Waals surface area contributed by atoms with Gasteiger partial charge in [-0.15, -0.1) is 0 Å². The molecule has 6 nitrogen and oxygen atoms in total. The van der Waals surface area contributed by atoms with E-state index >= 15 is 0 Å². The zero-order valence-electron chi connectivity index (χ0n) is 20.8. The monoisotopic (exact) mass is 497 g/mol. The lowest BCUT2D eigenvalue weighted by Crippen LogP contribution is -2.58. The lowest BCUT2D eigenvalue weighted by Gasteiger charge is -2.48. The highest BCUT2D eigenvalue weighted by Crippen LogP contribution is 2.35. The molecule has 0 radical (unpaired) electrons. The summed E-state index contributed by atoms with van der Waals surface area (Å²) in [7, 11) is -3.56. The maximum absolute atomic E-state index is 13.3. The van der Waals surface area contributed by atoms with E-state index in [0.717, 1.165) is 30.4 Å². The molecule has 5 rings (SSSR count). The zero-order valence-corrected chi connectivity index (χ0v) is 21.6. The molecular formula is C28H39N3O3S. The highest BCUT2D eigenvalue weighted by molar-refractivity contribution is 7.89. The van der Waals surface area contributed by atoms with Crippen molar-refractivity contribution in [1.82, 2.24) is 14.5 Å². The number of carbonyl (C=O) groups is 1. The summed E-state index contributed by atoms with van der Waals surface area (Å²) in [5.41, 5.74) is 0.119. The van der Waals surface area contributed by atoms with Gasteiger partial charge in [0.2, 0.25) is 15.9 Å². The molecule has 0 bridgehead atoms. The van der Waals surface area contributed by atoms with Crippen LogP contribution in [0.3, 0.4) is 0 Å². The first-order valence-electron chi connectivity index (χ1n) is 13.5. The van der Waals surface area contributed by atoms with E-state index in [1.807, 2.05) is 30.3 Å². The van der Waals surface area contributed by atoms with Gasteiger partial charge >= 0.3 is 0 Å². The number of carbonyl (C=O) groups excluding carboxylic acids is 1. The largest absolute Gasteiger partial charge is 0.354 e. The van der Waals surface area contributed by atoms with E-state index in [9.17, 15) is 13.2 Å². The third-order valence-electron chi connectivity index (χ3n) is 8.59. The van der Waals surface area contributed by atoms with E-state index in [1.54, 1.807) is 16.4 Å². The Bertz CT molecular complexity index is 1130. The third-order valence-corrected chi connectivity index (χ3v) is 10.5. The van der Waals surface area contributed by atoms with Gasteiger partial charge in [-0.1, -0.05) is 56.0 Å². The molecule has 35 heavy (non-hydrogen) atoms. The van der Waals surface area contributed by atoms with Crippen LogP contribution in [0.2, 0.25) is 0 Å². The summed E-state index contributed by atoms with van der Waals surface area (Å²) in [5, 5.41) is 5.27. The van der Waals surface area contributed by atoms with Crippen LogP contribution in [-0.4, -0.2) is 61.8 Å². The number of hydrogen-bond donors (Lipinski definition) is 1. The number of rotatable bonds is 6. The van der Waals surface area contributed by atoms with Crippen molar-refractivity contribution in [1.29, 1.82) is 0 Å². The first kappa shape index (κ1) is 24.7. The van der Waals surface area contributed by atoms with Gasteiger partial charge in [-0.05, 0) is 74.5 Å². The molecule has 2 aromatic rings. The number of piperidine rings is 2. The Kier molecular flexibility index (Phi) is 7.47. The van der Waals surface area contributed by atoms with E-state index in [1.165, 1.54) is 51.4 Å². The van der Waals surface area contributed by atoms with Crippen LogP contribution in [0.25, 0.3) is 10.8 Å². The van der Waals surface area contributed by atoms with Crippen LogP contribution in [-0.2, 0) is 14.8 Å². The average molecular weight is 498 g/mol. The predicted octanol–water partition coefficient (Wildman–Crippen LogP) is 4.55. The van der Waals surface area contributed by atoms with Crippen molar-refractivity contribution in [2.24, 2.45) is 5.92 Å². The van der Waals surface area contributed by atoms with Crippen LogP contribution in [0.4, 0.5) is 0 Å². The average Bonchev–Trinajstić information content (AvgIpc) is 2.92. The summed E-state index contributed by atoms with van der Waals surface area (Å²) < 4.78 is 28.1. The highest BCUT2D eigenvalue weighted by Gasteiger charge is 2.39. The maximum Gasteiger partial charge on any atom is 0.243 e. The van der Waals surface area contributed by atoms with Gasteiger partial charge in [0, 0.05) is 31.1 Å². The molecule has 0 aromatic heterocycles. The van der Waals surface area contributed by atoms with Crippen molar-refractivity contribution in [2.75, 3.05) is 32.7 Å². The molecule has 2 aromatic carbocycles.